The summed E-state index contributed by atoms with van der Waals surface area (Å²) < 4.78 is 0. The van der Waals surface area contributed by atoms with E-state index in [1.54, 1.807) is 11.9 Å². The molecule has 2 aromatic rings. The van der Waals surface area contributed by atoms with Crippen LogP contribution in [0.1, 0.15) is 39.3 Å². The number of pyridine rings is 1. The Bertz CT molecular complexity index is 671. The molecule has 0 atom stereocenters. The number of benzene rings is 1. The number of carbonyl (C=O) groups is 2. The van der Waals surface area contributed by atoms with Crippen LogP contribution in [-0.4, -0.2) is 40.5 Å². The Morgan fingerprint density at radius 2 is 1.87 bits per heavy atom. The zero-order valence-corrected chi connectivity index (χ0v) is 13.1. The van der Waals surface area contributed by atoms with E-state index in [-0.39, 0.29) is 11.6 Å². The van der Waals surface area contributed by atoms with E-state index in [1.165, 1.54) is 23.9 Å². The molecule has 0 fully saturated rings. The molecule has 1 aromatic carbocycles. The SMILES string of the molecule is CN(CCCCc1ccccc1)C(=O)c1ccnc(C(=O)O)c1. The molecule has 5 nitrogen and oxygen atoms in total. The second-order valence-electron chi connectivity index (χ2n) is 5.40. The van der Waals surface area contributed by atoms with Crippen molar-refractivity contribution in [2.45, 2.75) is 19.3 Å². The minimum atomic E-state index is -1.13. The zero-order chi connectivity index (χ0) is 16.7. The summed E-state index contributed by atoms with van der Waals surface area (Å²) >= 11 is 0. The van der Waals surface area contributed by atoms with Gasteiger partial charge in [0.2, 0.25) is 0 Å². The van der Waals surface area contributed by atoms with E-state index in [4.69, 9.17) is 5.11 Å². The second kappa shape index (κ2) is 8.08. The molecule has 0 saturated carbocycles. The van der Waals surface area contributed by atoms with E-state index in [1.807, 2.05) is 18.2 Å². The van der Waals surface area contributed by atoms with Crippen LogP contribution >= 0.6 is 0 Å². The first kappa shape index (κ1) is 16.7. The fourth-order valence-corrected chi connectivity index (χ4v) is 2.33. The van der Waals surface area contributed by atoms with E-state index < -0.39 is 5.97 Å². The van der Waals surface area contributed by atoms with Gasteiger partial charge in [0.1, 0.15) is 5.69 Å². The Morgan fingerprint density at radius 3 is 2.57 bits per heavy atom. The highest BCUT2D eigenvalue weighted by atomic mass is 16.4. The summed E-state index contributed by atoms with van der Waals surface area (Å²) in [5, 5.41) is 8.92. The average molecular weight is 312 g/mol. The fraction of sp³-hybridized carbons (Fsp3) is 0.278. The molecule has 1 aromatic heterocycles. The first-order chi connectivity index (χ1) is 11.1. The highest BCUT2D eigenvalue weighted by Gasteiger charge is 2.14. The van der Waals surface area contributed by atoms with Gasteiger partial charge in [0.25, 0.3) is 5.91 Å². The number of unbranched alkanes of at least 4 members (excludes halogenated alkanes) is 1. The minimum Gasteiger partial charge on any atom is -0.477 e. The summed E-state index contributed by atoms with van der Waals surface area (Å²) in [7, 11) is 1.73. The van der Waals surface area contributed by atoms with Crippen molar-refractivity contribution in [2.75, 3.05) is 13.6 Å². The van der Waals surface area contributed by atoms with Crippen LogP contribution in [0.5, 0.6) is 0 Å². The van der Waals surface area contributed by atoms with Gasteiger partial charge < -0.3 is 10.0 Å². The monoisotopic (exact) mass is 312 g/mol. The summed E-state index contributed by atoms with van der Waals surface area (Å²) in [6.45, 7) is 0.635. The van der Waals surface area contributed by atoms with Gasteiger partial charge >= 0.3 is 5.97 Å². The fourth-order valence-electron chi connectivity index (χ4n) is 2.33. The van der Waals surface area contributed by atoms with Crippen LogP contribution in [0.4, 0.5) is 0 Å². The Morgan fingerprint density at radius 1 is 1.13 bits per heavy atom. The molecule has 5 heteroatoms. The maximum Gasteiger partial charge on any atom is 0.354 e. The molecule has 0 saturated heterocycles. The number of amides is 1. The quantitative estimate of drug-likeness (QED) is 0.798. The van der Waals surface area contributed by atoms with Crippen molar-refractivity contribution < 1.29 is 14.7 Å². The van der Waals surface area contributed by atoms with Crippen LogP contribution in [0, 0.1) is 0 Å². The Kier molecular flexibility index (Phi) is 5.86. The number of hydrogen-bond donors (Lipinski definition) is 1. The van der Waals surface area contributed by atoms with Crippen LogP contribution in [0.25, 0.3) is 0 Å². The molecule has 23 heavy (non-hydrogen) atoms. The van der Waals surface area contributed by atoms with Crippen molar-refractivity contribution in [3.05, 3.63) is 65.5 Å². The number of nitrogens with zero attached hydrogens (tertiary/aromatic N) is 2. The molecule has 0 unspecified atom stereocenters. The van der Waals surface area contributed by atoms with Gasteiger partial charge in [-0.15, -0.1) is 0 Å². The Hall–Kier alpha value is -2.69. The number of carboxylic acids is 1. The molecular weight excluding hydrogens is 292 g/mol. The van der Waals surface area contributed by atoms with E-state index in [2.05, 4.69) is 17.1 Å². The molecule has 0 spiro atoms. The number of rotatable bonds is 7. The van der Waals surface area contributed by atoms with E-state index in [0.717, 1.165) is 19.3 Å². The lowest BCUT2D eigenvalue weighted by molar-refractivity contribution is 0.0690. The van der Waals surface area contributed by atoms with Gasteiger partial charge in [-0.2, -0.15) is 0 Å². The van der Waals surface area contributed by atoms with Gasteiger partial charge in [-0.25, -0.2) is 9.78 Å². The van der Waals surface area contributed by atoms with E-state index in [9.17, 15) is 9.59 Å². The molecule has 0 radical (unpaired) electrons. The predicted octanol–water partition coefficient (Wildman–Crippen LogP) is 2.87. The number of aromatic carboxylic acids is 1. The summed E-state index contributed by atoms with van der Waals surface area (Å²) in [6, 6.07) is 13.1. The van der Waals surface area contributed by atoms with Crippen LogP contribution in [0.15, 0.2) is 48.7 Å². The van der Waals surface area contributed by atoms with Gasteiger partial charge in [-0.1, -0.05) is 30.3 Å². The maximum absolute atomic E-state index is 12.3. The number of hydrogen-bond acceptors (Lipinski definition) is 3. The number of aromatic nitrogens is 1. The van der Waals surface area contributed by atoms with Crippen molar-refractivity contribution in [1.29, 1.82) is 0 Å². The first-order valence-electron chi connectivity index (χ1n) is 7.56. The highest BCUT2D eigenvalue weighted by molar-refractivity contribution is 5.96. The van der Waals surface area contributed by atoms with Crippen molar-refractivity contribution in [1.82, 2.24) is 9.88 Å². The molecule has 0 aliphatic heterocycles. The highest BCUT2D eigenvalue weighted by Crippen LogP contribution is 2.08. The molecule has 2 rings (SSSR count). The van der Waals surface area contributed by atoms with Crippen LogP contribution in [-0.2, 0) is 6.42 Å². The Balaban J connectivity index is 1.83. The topological polar surface area (TPSA) is 70.5 Å². The normalized spacial score (nSPS) is 10.3. The van der Waals surface area contributed by atoms with Crippen LogP contribution < -0.4 is 0 Å². The van der Waals surface area contributed by atoms with Crippen molar-refractivity contribution in [3.8, 4) is 0 Å². The first-order valence-corrected chi connectivity index (χ1v) is 7.56. The lowest BCUT2D eigenvalue weighted by Crippen LogP contribution is -2.28. The zero-order valence-electron chi connectivity index (χ0n) is 13.1. The van der Waals surface area contributed by atoms with Crippen molar-refractivity contribution in [3.63, 3.8) is 0 Å². The smallest absolute Gasteiger partial charge is 0.354 e. The molecule has 120 valence electrons. The molecule has 0 bridgehead atoms. The lowest BCUT2D eigenvalue weighted by atomic mass is 10.1. The molecule has 1 heterocycles. The maximum atomic E-state index is 12.3. The van der Waals surface area contributed by atoms with E-state index >= 15 is 0 Å². The van der Waals surface area contributed by atoms with Gasteiger partial charge in [-0.3, -0.25) is 4.79 Å². The van der Waals surface area contributed by atoms with Crippen molar-refractivity contribution in [2.24, 2.45) is 0 Å². The summed E-state index contributed by atoms with van der Waals surface area (Å²) in [6.07, 6.45) is 4.23. The number of aryl methyl sites for hydroxylation is 1. The standard InChI is InChI=1S/C18H20N2O3/c1-20(12-6-5-9-14-7-3-2-4-8-14)17(21)15-10-11-19-16(13-15)18(22)23/h2-4,7-8,10-11,13H,5-6,9,12H2,1H3,(H,22,23). The molecule has 1 N–H and O–H groups in total. The largest absolute Gasteiger partial charge is 0.477 e. The Labute approximate surface area is 135 Å². The number of carboxylic acid groups (broad SMARTS) is 1. The average Bonchev–Trinajstić information content (AvgIpc) is 2.59. The summed E-state index contributed by atoms with van der Waals surface area (Å²) in [5.74, 6) is -1.32. The molecule has 0 aliphatic carbocycles. The second-order valence-corrected chi connectivity index (χ2v) is 5.40. The van der Waals surface area contributed by atoms with Gasteiger partial charge in [0, 0.05) is 25.4 Å². The van der Waals surface area contributed by atoms with Gasteiger partial charge in [0.05, 0.1) is 0 Å². The third-order valence-corrected chi connectivity index (χ3v) is 3.62. The number of carbonyl (C=O) groups excluding carboxylic acids is 1. The lowest BCUT2D eigenvalue weighted by Gasteiger charge is -2.17. The molecular formula is C18H20N2O3. The molecule has 1 amide bonds. The summed E-state index contributed by atoms with van der Waals surface area (Å²) in [4.78, 5) is 28.5. The minimum absolute atomic E-state index is 0.117. The third-order valence-electron chi connectivity index (χ3n) is 3.62. The van der Waals surface area contributed by atoms with E-state index in [0.29, 0.717) is 12.1 Å². The predicted molar refractivity (Wildman–Crippen MR) is 87.5 cm³/mol. The third kappa shape index (κ3) is 4.92. The van der Waals surface area contributed by atoms with Crippen molar-refractivity contribution >= 4 is 11.9 Å². The van der Waals surface area contributed by atoms with Crippen LogP contribution in [0.3, 0.4) is 0 Å². The van der Waals surface area contributed by atoms with Crippen LogP contribution in [0.2, 0.25) is 0 Å². The van der Waals surface area contributed by atoms with Gasteiger partial charge in [-0.05, 0) is 37.0 Å². The van der Waals surface area contributed by atoms with Gasteiger partial charge in [0.15, 0.2) is 0 Å². The summed E-state index contributed by atoms with van der Waals surface area (Å²) in [5.41, 5.74) is 1.53. The molecule has 0 aliphatic rings.